The normalized spacial score (nSPS) is 10.3. The van der Waals surface area contributed by atoms with Crippen LogP contribution in [0.3, 0.4) is 0 Å². The largest absolute Gasteiger partial charge is 0.361 e. The van der Waals surface area contributed by atoms with Crippen LogP contribution in [0.5, 0.6) is 0 Å². The van der Waals surface area contributed by atoms with Crippen LogP contribution < -0.4 is 0 Å². The Labute approximate surface area is 78.4 Å². The summed E-state index contributed by atoms with van der Waals surface area (Å²) >= 11 is 0. The van der Waals surface area contributed by atoms with Gasteiger partial charge in [-0.25, -0.2) is 0 Å². The van der Waals surface area contributed by atoms with Crippen molar-refractivity contribution in [3.63, 3.8) is 0 Å². The van der Waals surface area contributed by atoms with Gasteiger partial charge in [-0.1, -0.05) is 29.8 Å². The highest BCUT2D eigenvalue weighted by Crippen LogP contribution is 2.21. The lowest BCUT2D eigenvalue weighted by Gasteiger charge is -2.00. The van der Waals surface area contributed by atoms with E-state index in [1.165, 1.54) is 22.4 Å². The average molecular weight is 171 g/mol. The molecule has 0 aliphatic rings. The van der Waals surface area contributed by atoms with Gasteiger partial charge >= 0.3 is 0 Å². The monoisotopic (exact) mass is 171 g/mol. The molecule has 13 heavy (non-hydrogen) atoms. The highest BCUT2D eigenvalue weighted by Gasteiger charge is 2.00. The van der Waals surface area contributed by atoms with Crippen molar-refractivity contribution in [3.8, 4) is 11.3 Å². The van der Waals surface area contributed by atoms with Crippen LogP contribution in [0.4, 0.5) is 0 Å². The van der Waals surface area contributed by atoms with Crippen molar-refractivity contribution < 1.29 is 0 Å². The second kappa shape index (κ2) is 3.09. The summed E-state index contributed by atoms with van der Waals surface area (Å²) in [6.07, 6.45) is 1.98. The summed E-state index contributed by atoms with van der Waals surface area (Å²) in [6.45, 7) is 4.22. The quantitative estimate of drug-likeness (QED) is 0.677. The van der Waals surface area contributed by atoms with Gasteiger partial charge in [0.15, 0.2) is 0 Å². The van der Waals surface area contributed by atoms with Crippen LogP contribution in [-0.2, 0) is 0 Å². The Kier molecular flexibility index (Phi) is 1.93. The number of hydrogen-bond donors (Lipinski definition) is 1. The molecular formula is C12H13N. The predicted octanol–water partition coefficient (Wildman–Crippen LogP) is 3.30. The fourth-order valence-corrected chi connectivity index (χ4v) is 1.48. The predicted molar refractivity (Wildman–Crippen MR) is 55.7 cm³/mol. The van der Waals surface area contributed by atoms with Gasteiger partial charge < -0.3 is 4.98 Å². The van der Waals surface area contributed by atoms with E-state index < -0.39 is 0 Å². The molecule has 1 aromatic carbocycles. The summed E-state index contributed by atoms with van der Waals surface area (Å²) in [7, 11) is 0. The first-order chi connectivity index (χ1) is 6.27. The minimum Gasteiger partial charge on any atom is -0.361 e. The maximum Gasteiger partial charge on any atom is 0.0483 e. The SMILES string of the molecule is Cc1ccc(-c2[nH]ccc2C)cc1. The Morgan fingerprint density at radius 1 is 0.923 bits per heavy atom. The summed E-state index contributed by atoms with van der Waals surface area (Å²) in [4.78, 5) is 3.24. The van der Waals surface area contributed by atoms with Gasteiger partial charge in [0.25, 0.3) is 0 Å². The topological polar surface area (TPSA) is 15.8 Å². The molecule has 66 valence electrons. The zero-order chi connectivity index (χ0) is 9.26. The Balaban J connectivity index is 2.47. The fraction of sp³-hybridized carbons (Fsp3) is 0.167. The highest BCUT2D eigenvalue weighted by molar-refractivity contribution is 5.63. The molecule has 0 spiro atoms. The summed E-state index contributed by atoms with van der Waals surface area (Å²) in [6, 6.07) is 10.7. The van der Waals surface area contributed by atoms with Crippen molar-refractivity contribution in [1.82, 2.24) is 4.98 Å². The lowest BCUT2D eigenvalue weighted by Crippen LogP contribution is -1.80. The first kappa shape index (κ1) is 8.11. The summed E-state index contributed by atoms with van der Waals surface area (Å²) in [5.74, 6) is 0. The van der Waals surface area contributed by atoms with Crippen LogP contribution in [0.2, 0.25) is 0 Å². The van der Waals surface area contributed by atoms with Crippen LogP contribution in [0.25, 0.3) is 11.3 Å². The highest BCUT2D eigenvalue weighted by atomic mass is 14.7. The Bertz CT molecular complexity index is 395. The standard InChI is InChI=1S/C12H13N/c1-9-3-5-11(6-4-9)12-10(2)7-8-13-12/h3-8,13H,1-2H3. The molecule has 0 aliphatic heterocycles. The Morgan fingerprint density at radius 2 is 1.62 bits per heavy atom. The van der Waals surface area contributed by atoms with Gasteiger partial charge in [0.1, 0.15) is 0 Å². The maximum atomic E-state index is 3.24. The summed E-state index contributed by atoms with van der Waals surface area (Å²) < 4.78 is 0. The number of rotatable bonds is 1. The number of benzene rings is 1. The van der Waals surface area contributed by atoms with E-state index in [2.05, 4.69) is 49.2 Å². The van der Waals surface area contributed by atoms with E-state index in [4.69, 9.17) is 0 Å². The van der Waals surface area contributed by atoms with E-state index >= 15 is 0 Å². The first-order valence-electron chi connectivity index (χ1n) is 4.48. The van der Waals surface area contributed by atoms with Gasteiger partial charge in [-0.3, -0.25) is 0 Å². The summed E-state index contributed by atoms with van der Waals surface area (Å²) in [5.41, 5.74) is 5.07. The average Bonchev–Trinajstić information content (AvgIpc) is 2.53. The molecule has 2 rings (SSSR count). The molecule has 0 radical (unpaired) electrons. The minimum atomic E-state index is 1.22. The van der Waals surface area contributed by atoms with E-state index in [1.807, 2.05) is 6.20 Å². The molecule has 1 aromatic heterocycles. The van der Waals surface area contributed by atoms with Crippen molar-refractivity contribution >= 4 is 0 Å². The third-order valence-corrected chi connectivity index (χ3v) is 2.30. The number of hydrogen-bond acceptors (Lipinski definition) is 0. The molecule has 0 atom stereocenters. The smallest absolute Gasteiger partial charge is 0.0483 e. The van der Waals surface area contributed by atoms with Crippen LogP contribution >= 0.6 is 0 Å². The molecule has 0 unspecified atom stereocenters. The Morgan fingerprint density at radius 3 is 2.15 bits per heavy atom. The van der Waals surface area contributed by atoms with Gasteiger partial charge in [0.2, 0.25) is 0 Å². The lowest BCUT2D eigenvalue weighted by molar-refractivity contribution is 1.36. The molecule has 0 saturated carbocycles. The van der Waals surface area contributed by atoms with Crippen molar-refractivity contribution in [2.75, 3.05) is 0 Å². The van der Waals surface area contributed by atoms with E-state index in [1.54, 1.807) is 0 Å². The van der Waals surface area contributed by atoms with Gasteiger partial charge in [0.05, 0.1) is 0 Å². The van der Waals surface area contributed by atoms with Crippen molar-refractivity contribution in [1.29, 1.82) is 0 Å². The molecule has 1 heterocycles. The van der Waals surface area contributed by atoms with Crippen LogP contribution in [0.15, 0.2) is 36.5 Å². The zero-order valence-electron chi connectivity index (χ0n) is 7.96. The van der Waals surface area contributed by atoms with Gasteiger partial charge in [0, 0.05) is 11.9 Å². The number of aromatic nitrogens is 1. The molecule has 0 saturated heterocycles. The van der Waals surface area contributed by atoms with E-state index in [0.29, 0.717) is 0 Å². The minimum absolute atomic E-state index is 1.22. The molecular weight excluding hydrogens is 158 g/mol. The van der Waals surface area contributed by atoms with Gasteiger partial charge in [-0.15, -0.1) is 0 Å². The van der Waals surface area contributed by atoms with Crippen LogP contribution in [-0.4, -0.2) is 4.98 Å². The number of aryl methyl sites for hydroxylation is 2. The third kappa shape index (κ3) is 1.50. The van der Waals surface area contributed by atoms with Crippen molar-refractivity contribution in [3.05, 3.63) is 47.7 Å². The molecule has 1 heteroatoms. The van der Waals surface area contributed by atoms with Gasteiger partial charge in [-0.05, 0) is 31.0 Å². The molecule has 2 aromatic rings. The number of H-pyrrole nitrogens is 1. The Hall–Kier alpha value is -1.50. The summed E-state index contributed by atoms with van der Waals surface area (Å²) in [5, 5.41) is 0. The number of nitrogens with one attached hydrogen (secondary N) is 1. The van der Waals surface area contributed by atoms with Crippen LogP contribution in [0, 0.1) is 13.8 Å². The van der Waals surface area contributed by atoms with Crippen LogP contribution in [0.1, 0.15) is 11.1 Å². The molecule has 0 aliphatic carbocycles. The molecule has 1 N–H and O–H groups in total. The second-order valence-corrected chi connectivity index (χ2v) is 3.40. The number of aromatic amines is 1. The molecule has 0 amide bonds. The molecule has 0 fully saturated rings. The van der Waals surface area contributed by atoms with E-state index in [-0.39, 0.29) is 0 Å². The first-order valence-corrected chi connectivity index (χ1v) is 4.48. The fourth-order valence-electron chi connectivity index (χ4n) is 1.48. The van der Waals surface area contributed by atoms with Crippen molar-refractivity contribution in [2.24, 2.45) is 0 Å². The molecule has 0 bridgehead atoms. The van der Waals surface area contributed by atoms with Crippen molar-refractivity contribution in [2.45, 2.75) is 13.8 Å². The van der Waals surface area contributed by atoms with E-state index in [0.717, 1.165) is 0 Å². The lowest BCUT2D eigenvalue weighted by atomic mass is 10.1. The zero-order valence-corrected chi connectivity index (χ0v) is 7.96. The van der Waals surface area contributed by atoms with E-state index in [9.17, 15) is 0 Å². The third-order valence-electron chi connectivity index (χ3n) is 2.30. The molecule has 1 nitrogen and oxygen atoms in total. The second-order valence-electron chi connectivity index (χ2n) is 3.40. The van der Waals surface area contributed by atoms with Gasteiger partial charge in [-0.2, -0.15) is 0 Å². The maximum absolute atomic E-state index is 3.24.